The van der Waals surface area contributed by atoms with E-state index in [4.69, 9.17) is 4.74 Å². The normalized spacial score (nSPS) is 11.8. The molecule has 0 saturated carbocycles. The second-order valence-electron chi connectivity index (χ2n) is 8.47. The molecule has 0 atom stereocenters. The van der Waals surface area contributed by atoms with Gasteiger partial charge >= 0.3 is 5.97 Å². The topological polar surface area (TPSA) is 26.3 Å². The third kappa shape index (κ3) is 20.0. The van der Waals surface area contributed by atoms with Crippen LogP contribution in [0.3, 0.4) is 0 Å². The molecule has 166 valence electrons. The van der Waals surface area contributed by atoms with E-state index in [1.54, 1.807) is 0 Å². The molecule has 0 aliphatic carbocycles. The molecule has 0 unspecified atom stereocenters. The summed E-state index contributed by atoms with van der Waals surface area (Å²) in [6.07, 6.45) is 26.8. The fourth-order valence-corrected chi connectivity index (χ4v) is 3.55. The van der Waals surface area contributed by atoms with Crippen LogP contribution in [0, 0.1) is 0 Å². The Bertz CT molecular complexity index is 359. The lowest BCUT2D eigenvalue weighted by atomic mass is 10.1. The fraction of sp³-hybridized carbons (Fsp3) is 0.885. The molecular formula is C26H50O2. The number of esters is 1. The Morgan fingerprint density at radius 3 is 1.46 bits per heavy atom. The molecule has 0 bridgehead atoms. The Kier molecular flexibility index (Phi) is 21.9. The molecule has 0 heterocycles. The van der Waals surface area contributed by atoms with Gasteiger partial charge in [-0.2, -0.15) is 0 Å². The molecule has 0 aliphatic rings. The Balaban J connectivity index is 3.42. The van der Waals surface area contributed by atoms with Gasteiger partial charge < -0.3 is 4.74 Å². The summed E-state index contributed by atoms with van der Waals surface area (Å²) in [5, 5.41) is 0. The van der Waals surface area contributed by atoms with Gasteiger partial charge in [0.05, 0.1) is 6.61 Å². The molecule has 0 aliphatic heterocycles. The summed E-state index contributed by atoms with van der Waals surface area (Å²) in [6.45, 7) is 7.00. The average Bonchev–Trinajstić information content (AvgIpc) is 2.70. The van der Waals surface area contributed by atoms with Crippen molar-refractivity contribution in [3.8, 4) is 0 Å². The number of rotatable bonds is 21. The Morgan fingerprint density at radius 2 is 1.00 bits per heavy atom. The van der Waals surface area contributed by atoms with Crippen molar-refractivity contribution < 1.29 is 9.53 Å². The average molecular weight is 395 g/mol. The van der Waals surface area contributed by atoms with Crippen LogP contribution in [0.15, 0.2) is 11.6 Å². The molecule has 0 amide bonds. The van der Waals surface area contributed by atoms with E-state index in [1.165, 1.54) is 109 Å². The van der Waals surface area contributed by atoms with Crippen molar-refractivity contribution in [1.82, 2.24) is 0 Å². The number of hydrogen-bond donors (Lipinski definition) is 0. The van der Waals surface area contributed by atoms with Crippen LogP contribution in [-0.2, 0) is 9.53 Å². The van der Waals surface area contributed by atoms with Crippen molar-refractivity contribution in [3.63, 3.8) is 0 Å². The number of hydrogen-bond acceptors (Lipinski definition) is 2. The maximum absolute atomic E-state index is 12.0. The number of unbranched alkanes of at least 4 members (excludes halogenated alkanes) is 17. The van der Waals surface area contributed by atoms with Gasteiger partial charge in [-0.3, -0.25) is 0 Å². The van der Waals surface area contributed by atoms with E-state index in [0.29, 0.717) is 6.61 Å². The molecule has 2 nitrogen and oxygen atoms in total. The highest BCUT2D eigenvalue weighted by atomic mass is 16.5. The van der Waals surface area contributed by atoms with Gasteiger partial charge in [0, 0.05) is 5.57 Å². The SMILES string of the molecule is CCCCCCCCCCC=C(C)C(=O)OCCCCCCCCCCCC. The van der Waals surface area contributed by atoms with Gasteiger partial charge in [-0.05, 0) is 26.2 Å². The van der Waals surface area contributed by atoms with E-state index in [1.807, 2.05) is 6.92 Å². The minimum atomic E-state index is -0.115. The van der Waals surface area contributed by atoms with Crippen molar-refractivity contribution >= 4 is 5.97 Å². The van der Waals surface area contributed by atoms with Crippen LogP contribution in [0.25, 0.3) is 0 Å². The number of ether oxygens (including phenoxy) is 1. The molecular weight excluding hydrogens is 344 g/mol. The first-order valence-corrected chi connectivity index (χ1v) is 12.6. The van der Waals surface area contributed by atoms with E-state index in [-0.39, 0.29) is 5.97 Å². The zero-order valence-electron chi connectivity index (χ0n) is 19.5. The highest BCUT2D eigenvalue weighted by Gasteiger charge is 2.04. The Morgan fingerprint density at radius 1 is 0.607 bits per heavy atom. The quantitative estimate of drug-likeness (QED) is 0.110. The predicted molar refractivity (Wildman–Crippen MR) is 124 cm³/mol. The summed E-state index contributed by atoms with van der Waals surface area (Å²) in [4.78, 5) is 12.0. The first-order valence-electron chi connectivity index (χ1n) is 12.6. The van der Waals surface area contributed by atoms with E-state index in [2.05, 4.69) is 19.9 Å². The first kappa shape index (κ1) is 27.2. The van der Waals surface area contributed by atoms with Crippen molar-refractivity contribution in [2.45, 2.75) is 143 Å². The van der Waals surface area contributed by atoms with Gasteiger partial charge in [-0.1, -0.05) is 123 Å². The van der Waals surface area contributed by atoms with Gasteiger partial charge in [-0.25, -0.2) is 4.79 Å². The lowest BCUT2D eigenvalue weighted by Gasteiger charge is -2.06. The lowest BCUT2D eigenvalue weighted by molar-refractivity contribution is -0.139. The largest absolute Gasteiger partial charge is 0.462 e. The standard InChI is InChI=1S/C26H50O2/c1-4-6-8-10-12-14-16-18-20-22-24-28-26(27)25(3)23-21-19-17-15-13-11-9-7-5-2/h23H,4-22,24H2,1-3H3. The summed E-state index contributed by atoms with van der Waals surface area (Å²) < 4.78 is 5.40. The molecule has 0 spiro atoms. The molecule has 0 aromatic heterocycles. The van der Waals surface area contributed by atoms with E-state index in [9.17, 15) is 4.79 Å². The molecule has 0 radical (unpaired) electrons. The summed E-state index contributed by atoms with van der Waals surface area (Å²) >= 11 is 0. The molecule has 28 heavy (non-hydrogen) atoms. The van der Waals surface area contributed by atoms with Crippen LogP contribution in [0.4, 0.5) is 0 Å². The van der Waals surface area contributed by atoms with E-state index in [0.717, 1.165) is 18.4 Å². The number of carbonyl (C=O) groups is 1. The molecule has 0 saturated heterocycles. The highest BCUT2D eigenvalue weighted by Crippen LogP contribution is 2.12. The maximum atomic E-state index is 12.0. The Hall–Kier alpha value is -0.790. The zero-order valence-corrected chi connectivity index (χ0v) is 19.5. The molecule has 0 rings (SSSR count). The van der Waals surface area contributed by atoms with Crippen LogP contribution in [0.1, 0.15) is 143 Å². The van der Waals surface area contributed by atoms with Crippen molar-refractivity contribution in [2.24, 2.45) is 0 Å². The van der Waals surface area contributed by atoms with Gasteiger partial charge in [-0.15, -0.1) is 0 Å². The lowest BCUT2D eigenvalue weighted by Crippen LogP contribution is -2.07. The Labute approximate surface area is 176 Å². The summed E-state index contributed by atoms with van der Waals surface area (Å²) in [6, 6.07) is 0. The second kappa shape index (κ2) is 22.5. The highest BCUT2D eigenvalue weighted by molar-refractivity contribution is 5.87. The third-order valence-corrected chi connectivity index (χ3v) is 5.56. The summed E-state index contributed by atoms with van der Waals surface area (Å²) in [7, 11) is 0. The van der Waals surface area contributed by atoms with Crippen LogP contribution < -0.4 is 0 Å². The van der Waals surface area contributed by atoms with Crippen LogP contribution >= 0.6 is 0 Å². The van der Waals surface area contributed by atoms with Crippen molar-refractivity contribution in [2.75, 3.05) is 6.61 Å². The van der Waals surface area contributed by atoms with Crippen LogP contribution in [0.5, 0.6) is 0 Å². The van der Waals surface area contributed by atoms with Gasteiger partial charge in [0.1, 0.15) is 0 Å². The first-order chi connectivity index (χ1) is 13.7. The minimum absolute atomic E-state index is 0.115. The zero-order chi connectivity index (χ0) is 20.7. The van der Waals surface area contributed by atoms with Gasteiger partial charge in [0.25, 0.3) is 0 Å². The smallest absolute Gasteiger partial charge is 0.333 e. The van der Waals surface area contributed by atoms with Gasteiger partial charge in [0.15, 0.2) is 0 Å². The van der Waals surface area contributed by atoms with Crippen LogP contribution in [-0.4, -0.2) is 12.6 Å². The maximum Gasteiger partial charge on any atom is 0.333 e. The van der Waals surface area contributed by atoms with Crippen LogP contribution in [0.2, 0.25) is 0 Å². The van der Waals surface area contributed by atoms with E-state index < -0.39 is 0 Å². The van der Waals surface area contributed by atoms with Gasteiger partial charge in [0.2, 0.25) is 0 Å². The molecule has 0 N–H and O–H groups in total. The second-order valence-corrected chi connectivity index (χ2v) is 8.47. The third-order valence-electron chi connectivity index (χ3n) is 5.56. The van der Waals surface area contributed by atoms with Crippen molar-refractivity contribution in [1.29, 1.82) is 0 Å². The number of allylic oxidation sites excluding steroid dienone is 1. The molecule has 0 aromatic carbocycles. The minimum Gasteiger partial charge on any atom is -0.462 e. The molecule has 0 fully saturated rings. The van der Waals surface area contributed by atoms with Crippen molar-refractivity contribution in [3.05, 3.63) is 11.6 Å². The molecule has 2 heteroatoms. The monoisotopic (exact) mass is 394 g/mol. The number of carbonyl (C=O) groups excluding carboxylic acids is 1. The summed E-state index contributed by atoms with van der Waals surface area (Å²) in [5.74, 6) is -0.115. The molecule has 0 aromatic rings. The van der Waals surface area contributed by atoms with E-state index >= 15 is 0 Å². The summed E-state index contributed by atoms with van der Waals surface area (Å²) in [5.41, 5.74) is 0.787. The fourth-order valence-electron chi connectivity index (χ4n) is 3.55. The predicted octanol–water partition coefficient (Wildman–Crippen LogP) is 8.93.